The third kappa shape index (κ3) is 4.97. The lowest BCUT2D eigenvalue weighted by Crippen LogP contribution is -2.54. The van der Waals surface area contributed by atoms with Gasteiger partial charge in [0.1, 0.15) is 0 Å². The minimum atomic E-state index is -0.529. The van der Waals surface area contributed by atoms with Crippen LogP contribution in [0, 0.1) is 23.2 Å². The van der Waals surface area contributed by atoms with Crippen LogP contribution in [0.1, 0.15) is 50.1 Å². The number of hydrogen-bond acceptors (Lipinski definition) is 7. The second kappa shape index (κ2) is 9.84. The summed E-state index contributed by atoms with van der Waals surface area (Å²) in [6, 6.07) is 0. The molecule has 2 aliphatic carbocycles. The number of fused-ring (bicyclic) bond motifs is 2. The summed E-state index contributed by atoms with van der Waals surface area (Å²) >= 11 is 3.48. The summed E-state index contributed by atoms with van der Waals surface area (Å²) in [5, 5.41) is 15.2. The van der Waals surface area contributed by atoms with Crippen molar-refractivity contribution < 1.29 is 14.7 Å². The average Bonchev–Trinajstić information content (AvgIpc) is 3.14. The van der Waals surface area contributed by atoms with Crippen molar-refractivity contribution >= 4 is 40.0 Å². The number of amides is 2. The molecule has 0 unspecified atom stereocenters. The Balaban J connectivity index is 1.51. The Bertz CT molecular complexity index is 885. The molecule has 1 aliphatic heterocycles. The number of aliphatic hydroxyl groups is 1. The molecule has 2 N–H and O–H groups in total. The summed E-state index contributed by atoms with van der Waals surface area (Å²) in [7, 11) is 3.74. The standard InChI is InChI=1S/C24H38N4O3S2/c1-14(22(31)28-8-10-32-11-9-28)16-6-7-24(3)12-17-20(15(2)19(24)21(16)30)26-23(33-17)25-18(29)13-27(4)5/h14-16,19,21,30H,6-13H2,1-5H3,(H,25,26,29)/t14-,15-,16-,19+,21-,24-/m0/s1. The first kappa shape index (κ1) is 24.9. The van der Waals surface area contributed by atoms with Crippen molar-refractivity contribution in [2.24, 2.45) is 23.2 Å². The fourth-order valence-electron chi connectivity index (χ4n) is 6.30. The number of carbonyl (C=O) groups is 2. The molecule has 184 valence electrons. The van der Waals surface area contributed by atoms with E-state index in [0.29, 0.717) is 11.7 Å². The zero-order valence-electron chi connectivity index (χ0n) is 20.5. The molecule has 3 aliphatic rings. The van der Waals surface area contributed by atoms with E-state index in [9.17, 15) is 14.7 Å². The lowest BCUT2D eigenvalue weighted by atomic mass is 9.53. The molecule has 1 aromatic rings. The zero-order chi connectivity index (χ0) is 23.9. The number of likely N-dealkylation sites (N-methyl/N-ethyl adjacent to an activating group) is 1. The number of nitrogens with one attached hydrogen (secondary N) is 1. The van der Waals surface area contributed by atoms with Crippen LogP contribution in [0.5, 0.6) is 0 Å². The zero-order valence-corrected chi connectivity index (χ0v) is 22.1. The first-order chi connectivity index (χ1) is 15.6. The van der Waals surface area contributed by atoms with Crippen LogP contribution >= 0.6 is 23.1 Å². The van der Waals surface area contributed by atoms with Gasteiger partial charge in [0, 0.05) is 41.3 Å². The van der Waals surface area contributed by atoms with E-state index in [-0.39, 0.29) is 40.9 Å². The van der Waals surface area contributed by atoms with E-state index >= 15 is 0 Å². The predicted molar refractivity (Wildman–Crippen MR) is 135 cm³/mol. The van der Waals surface area contributed by atoms with Gasteiger partial charge in [0.25, 0.3) is 0 Å². The maximum absolute atomic E-state index is 13.2. The van der Waals surface area contributed by atoms with E-state index in [1.165, 1.54) is 4.88 Å². The van der Waals surface area contributed by atoms with Crippen molar-refractivity contribution in [1.29, 1.82) is 0 Å². The molecule has 0 bridgehead atoms. The van der Waals surface area contributed by atoms with Gasteiger partial charge in [-0.3, -0.25) is 9.59 Å². The maximum Gasteiger partial charge on any atom is 0.240 e. The molecular formula is C24H38N4O3S2. The number of nitrogens with zero attached hydrogens (tertiary/aromatic N) is 3. The van der Waals surface area contributed by atoms with Crippen molar-refractivity contribution in [3.63, 3.8) is 0 Å². The number of rotatable bonds is 5. The molecule has 33 heavy (non-hydrogen) atoms. The van der Waals surface area contributed by atoms with E-state index in [2.05, 4.69) is 19.2 Å². The molecule has 7 nitrogen and oxygen atoms in total. The quantitative estimate of drug-likeness (QED) is 0.655. The van der Waals surface area contributed by atoms with Crippen molar-refractivity contribution in [1.82, 2.24) is 14.8 Å². The van der Waals surface area contributed by atoms with Crippen LogP contribution in [0.15, 0.2) is 0 Å². The fourth-order valence-corrected chi connectivity index (χ4v) is 8.48. The molecule has 0 spiro atoms. The van der Waals surface area contributed by atoms with Crippen molar-refractivity contribution in [2.45, 2.75) is 52.1 Å². The van der Waals surface area contributed by atoms with Gasteiger partial charge in [-0.05, 0) is 50.6 Å². The number of aliphatic hydroxyl groups excluding tert-OH is 1. The Kier molecular flexibility index (Phi) is 7.44. The maximum atomic E-state index is 13.2. The van der Waals surface area contributed by atoms with Gasteiger partial charge in [0.2, 0.25) is 11.8 Å². The number of anilines is 1. The second-order valence-corrected chi connectivity index (χ2v) is 13.0. The molecule has 0 radical (unpaired) electrons. The first-order valence-corrected chi connectivity index (χ1v) is 14.1. The van der Waals surface area contributed by atoms with E-state index < -0.39 is 6.10 Å². The summed E-state index contributed by atoms with van der Waals surface area (Å²) in [5.74, 6) is 2.10. The number of thioether (sulfide) groups is 1. The molecule has 2 fully saturated rings. The van der Waals surface area contributed by atoms with Crippen molar-refractivity contribution in [3.05, 3.63) is 10.6 Å². The molecule has 1 aromatic heterocycles. The molecule has 4 rings (SSSR count). The summed E-state index contributed by atoms with van der Waals surface area (Å²) in [4.78, 5) is 35.3. The van der Waals surface area contributed by atoms with Crippen LogP contribution < -0.4 is 5.32 Å². The van der Waals surface area contributed by atoms with E-state index in [1.54, 1.807) is 11.3 Å². The van der Waals surface area contributed by atoms with Crippen LogP contribution in [0.4, 0.5) is 5.13 Å². The van der Waals surface area contributed by atoms with E-state index in [1.807, 2.05) is 42.6 Å². The summed E-state index contributed by atoms with van der Waals surface area (Å²) < 4.78 is 0. The topological polar surface area (TPSA) is 85.8 Å². The van der Waals surface area contributed by atoms with Gasteiger partial charge < -0.3 is 20.2 Å². The lowest BCUT2D eigenvalue weighted by Gasteiger charge is -2.53. The molecule has 1 saturated heterocycles. The molecule has 2 heterocycles. The first-order valence-electron chi connectivity index (χ1n) is 12.1. The molecule has 2 amide bonds. The van der Waals surface area contributed by atoms with Gasteiger partial charge in [-0.15, -0.1) is 11.3 Å². The van der Waals surface area contributed by atoms with Gasteiger partial charge in [-0.2, -0.15) is 11.8 Å². The van der Waals surface area contributed by atoms with E-state index in [0.717, 1.165) is 49.6 Å². The highest BCUT2D eigenvalue weighted by molar-refractivity contribution is 7.99. The molecule has 6 atom stereocenters. The third-order valence-electron chi connectivity index (χ3n) is 7.98. The minimum Gasteiger partial charge on any atom is -0.392 e. The predicted octanol–water partition coefficient (Wildman–Crippen LogP) is 2.91. The van der Waals surface area contributed by atoms with Gasteiger partial charge in [0.05, 0.1) is 18.3 Å². The van der Waals surface area contributed by atoms with Gasteiger partial charge >= 0.3 is 0 Å². The normalized spacial score (nSPS) is 32.8. The van der Waals surface area contributed by atoms with Crippen LogP contribution in [-0.2, 0) is 16.0 Å². The fraction of sp³-hybridized carbons (Fsp3) is 0.792. The Morgan fingerprint density at radius 2 is 2.03 bits per heavy atom. The monoisotopic (exact) mass is 494 g/mol. The Labute approximate surface area is 205 Å². The molecular weight excluding hydrogens is 456 g/mol. The molecule has 0 aromatic carbocycles. The molecule has 9 heteroatoms. The largest absolute Gasteiger partial charge is 0.392 e. The van der Waals surface area contributed by atoms with Crippen LogP contribution in [-0.4, -0.2) is 83.0 Å². The van der Waals surface area contributed by atoms with Crippen molar-refractivity contribution in [3.8, 4) is 0 Å². The summed E-state index contributed by atoms with van der Waals surface area (Å²) in [6.07, 6.45) is 2.21. The molecule has 1 saturated carbocycles. The van der Waals surface area contributed by atoms with Crippen molar-refractivity contribution in [2.75, 3.05) is 50.6 Å². The number of thiazole rings is 1. The smallest absolute Gasteiger partial charge is 0.240 e. The SMILES string of the molecule is C[C@H](C(=O)N1CCSCC1)[C@@H]1CC[C@@]2(C)Cc3sc(NC(=O)CN(C)C)nc3[C@@H](C)[C@@H]2[C@H]1O. The van der Waals surface area contributed by atoms with Gasteiger partial charge in [-0.1, -0.05) is 20.8 Å². The Hall–Kier alpha value is -1.16. The highest BCUT2D eigenvalue weighted by Gasteiger charge is 2.54. The lowest BCUT2D eigenvalue weighted by molar-refractivity contribution is -0.144. The number of hydrogen-bond donors (Lipinski definition) is 2. The minimum absolute atomic E-state index is 0.0212. The summed E-state index contributed by atoms with van der Waals surface area (Å²) in [5.41, 5.74) is 0.985. The third-order valence-corrected chi connectivity index (χ3v) is 9.91. The highest BCUT2D eigenvalue weighted by Crippen LogP contribution is 2.57. The van der Waals surface area contributed by atoms with Crippen LogP contribution in [0.3, 0.4) is 0 Å². The highest BCUT2D eigenvalue weighted by atomic mass is 32.2. The Morgan fingerprint density at radius 3 is 2.70 bits per heavy atom. The second-order valence-electron chi connectivity index (χ2n) is 10.7. The number of carbonyl (C=O) groups excluding carboxylic acids is 2. The number of aromatic nitrogens is 1. The average molecular weight is 495 g/mol. The van der Waals surface area contributed by atoms with Gasteiger partial charge in [-0.25, -0.2) is 4.98 Å². The Morgan fingerprint density at radius 1 is 1.33 bits per heavy atom. The van der Waals surface area contributed by atoms with Crippen LogP contribution in [0.25, 0.3) is 0 Å². The van der Waals surface area contributed by atoms with Gasteiger partial charge in [0.15, 0.2) is 5.13 Å². The van der Waals surface area contributed by atoms with Crippen LogP contribution in [0.2, 0.25) is 0 Å². The summed E-state index contributed by atoms with van der Waals surface area (Å²) in [6.45, 7) is 8.42. The van der Waals surface area contributed by atoms with E-state index in [4.69, 9.17) is 4.98 Å².